The molecule has 1 aromatic heterocycles. The molecular weight excluding hydrogens is 238 g/mol. The minimum absolute atomic E-state index is 0.0934. The van der Waals surface area contributed by atoms with E-state index in [1.807, 2.05) is 17.9 Å². The van der Waals surface area contributed by atoms with Crippen LogP contribution in [0.25, 0.3) is 0 Å². The molecule has 1 unspecified atom stereocenters. The molecule has 2 rings (SSSR count). The van der Waals surface area contributed by atoms with E-state index in [1.165, 1.54) is 5.56 Å². The molecule has 0 saturated heterocycles. The Morgan fingerprint density at radius 2 is 2.21 bits per heavy atom. The fraction of sp³-hybridized carbons (Fsp3) is 0.400. The smallest absolute Gasteiger partial charge is 0.124 e. The number of benzene rings is 1. The van der Waals surface area contributed by atoms with E-state index in [0.29, 0.717) is 0 Å². The van der Waals surface area contributed by atoms with Crippen molar-refractivity contribution in [3.63, 3.8) is 0 Å². The van der Waals surface area contributed by atoms with Crippen molar-refractivity contribution in [3.8, 4) is 5.75 Å². The lowest BCUT2D eigenvalue weighted by Crippen LogP contribution is -2.18. The van der Waals surface area contributed by atoms with Gasteiger partial charge in [-0.25, -0.2) is 0 Å². The summed E-state index contributed by atoms with van der Waals surface area (Å²) in [6.07, 6.45) is 3.98. The topological polar surface area (TPSA) is 39.1 Å². The first-order valence-electron chi connectivity index (χ1n) is 6.53. The Morgan fingerprint density at radius 1 is 1.42 bits per heavy atom. The molecule has 1 aromatic carbocycles. The van der Waals surface area contributed by atoms with Gasteiger partial charge in [-0.15, -0.1) is 0 Å². The summed E-state index contributed by atoms with van der Waals surface area (Å²) in [5, 5.41) is 7.67. The quantitative estimate of drug-likeness (QED) is 0.897. The van der Waals surface area contributed by atoms with Crippen LogP contribution in [0.4, 0.5) is 0 Å². The summed E-state index contributed by atoms with van der Waals surface area (Å²) in [4.78, 5) is 0. The van der Waals surface area contributed by atoms with Gasteiger partial charge in [0.25, 0.3) is 0 Å². The summed E-state index contributed by atoms with van der Waals surface area (Å²) in [7, 11) is 3.66. The zero-order valence-electron chi connectivity index (χ0n) is 12.0. The number of aromatic nitrogens is 2. The molecule has 1 atom stereocenters. The Bertz CT molecular complexity index is 548. The average molecular weight is 259 g/mol. The van der Waals surface area contributed by atoms with Gasteiger partial charge >= 0.3 is 0 Å². The van der Waals surface area contributed by atoms with Crippen molar-refractivity contribution in [2.24, 2.45) is 0 Å². The number of nitrogens with zero attached hydrogens (tertiary/aromatic N) is 2. The fourth-order valence-corrected chi connectivity index (χ4v) is 2.26. The van der Waals surface area contributed by atoms with E-state index in [9.17, 15) is 0 Å². The molecule has 0 amide bonds. The largest absolute Gasteiger partial charge is 0.496 e. The standard InChI is InChI=1S/C15H21N3O/c1-5-18-10-12(9-17-18)15(16-3)13-7-6-11(2)8-14(13)19-4/h6-10,15-16H,5H2,1-4H3. The maximum atomic E-state index is 5.50. The van der Waals surface area contributed by atoms with Crippen LogP contribution in [-0.4, -0.2) is 23.9 Å². The van der Waals surface area contributed by atoms with Crippen LogP contribution in [0.2, 0.25) is 0 Å². The highest BCUT2D eigenvalue weighted by Crippen LogP contribution is 2.30. The Morgan fingerprint density at radius 3 is 2.79 bits per heavy atom. The number of ether oxygens (including phenoxy) is 1. The summed E-state index contributed by atoms with van der Waals surface area (Å²) < 4.78 is 7.43. The molecule has 0 aliphatic carbocycles. The predicted molar refractivity (Wildman–Crippen MR) is 76.5 cm³/mol. The monoisotopic (exact) mass is 259 g/mol. The van der Waals surface area contributed by atoms with Crippen LogP contribution in [0.5, 0.6) is 5.75 Å². The second kappa shape index (κ2) is 5.89. The molecule has 4 heteroatoms. The molecule has 1 N–H and O–H groups in total. The summed E-state index contributed by atoms with van der Waals surface area (Å²) >= 11 is 0. The van der Waals surface area contributed by atoms with Crippen molar-refractivity contribution >= 4 is 0 Å². The number of nitrogens with one attached hydrogen (secondary N) is 1. The predicted octanol–water partition coefficient (Wildman–Crippen LogP) is 2.53. The summed E-state index contributed by atoms with van der Waals surface area (Å²) in [6.45, 7) is 5.02. The third-order valence-electron chi connectivity index (χ3n) is 3.30. The van der Waals surface area contributed by atoms with Gasteiger partial charge < -0.3 is 10.1 Å². The number of aryl methyl sites for hydroxylation is 2. The minimum atomic E-state index is 0.0934. The molecule has 0 aliphatic rings. The molecule has 0 saturated carbocycles. The highest BCUT2D eigenvalue weighted by Gasteiger charge is 2.18. The highest BCUT2D eigenvalue weighted by atomic mass is 16.5. The minimum Gasteiger partial charge on any atom is -0.496 e. The van der Waals surface area contributed by atoms with Crippen LogP contribution < -0.4 is 10.1 Å². The first-order valence-corrected chi connectivity index (χ1v) is 6.53. The SMILES string of the molecule is CCn1cc(C(NC)c2ccc(C)cc2OC)cn1. The van der Waals surface area contributed by atoms with Gasteiger partial charge in [0.05, 0.1) is 19.3 Å². The second-order valence-corrected chi connectivity index (χ2v) is 4.60. The highest BCUT2D eigenvalue weighted by molar-refractivity contribution is 5.43. The van der Waals surface area contributed by atoms with E-state index >= 15 is 0 Å². The molecule has 0 spiro atoms. The number of methoxy groups -OCH3 is 1. The van der Waals surface area contributed by atoms with Gasteiger partial charge in [-0.1, -0.05) is 12.1 Å². The maximum absolute atomic E-state index is 5.50. The van der Waals surface area contributed by atoms with Crippen molar-refractivity contribution in [1.29, 1.82) is 0 Å². The summed E-state index contributed by atoms with van der Waals surface area (Å²) in [6, 6.07) is 6.37. The van der Waals surface area contributed by atoms with Crippen molar-refractivity contribution in [3.05, 3.63) is 47.3 Å². The molecule has 2 aromatic rings. The van der Waals surface area contributed by atoms with Crippen molar-refractivity contribution in [2.45, 2.75) is 26.4 Å². The van der Waals surface area contributed by atoms with Gasteiger partial charge in [-0.05, 0) is 32.5 Å². The van der Waals surface area contributed by atoms with E-state index in [4.69, 9.17) is 4.74 Å². The molecule has 0 radical (unpaired) electrons. The van der Waals surface area contributed by atoms with Crippen LogP contribution in [0.1, 0.15) is 29.7 Å². The first-order chi connectivity index (χ1) is 9.19. The Hall–Kier alpha value is -1.81. The van der Waals surface area contributed by atoms with Crippen LogP contribution in [0.15, 0.2) is 30.6 Å². The lowest BCUT2D eigenvalue weighted by Gasteiger charge is -2.18. The third kappa shape index (κ3) is 2.79. The number of hydrogen-bond donors (Lipinski definition) is 1. The van der Waals surface area contributed by atoms with Gasteiger partial charge in [-0.2, -0.15) is 5.10 Å². The average Bonchev–Trinajstić information content (AvgIpc) is 2.89. The van der Waals surface area contributed by atoms with Gasteiger partial charge in [0, 0.05) is 23.9 Å². The molecule has 19 heavy (non-hydrogen) atoms. The lowest BCUT2D eigenvalue weighted by molar-refractivity contribution is 0.405. The van der Waals surface area contributed by atoms with E-state index in [-0.39, 0.29) is 6.04 Å². The van der Waals surface area contributed by atoms with E-state index in [2.05, 4.69) is 48.7 Å². The van der Waals surface area contributed by atoms with Gasteiger partial charge in [0.15, 0.2) is 0 Å². The molecule has 0 fully saturated rings. The third-order valence-corrected chi connectivity index (χ3v) is 3.30. The van der Waals surface area contributed by atoms with Crippen LogP contribution in [-0.2, 0) is 6.54 Å². The fourth-order valence-electron chi connectivity index (χ4n) is 2.26. The molecular formula is C15H21N3O. The zero-order chi connectivity index (χ0) is 13.8. The normalized spacial score (nSPS) is 12.4. The van der Waals surface area contributed by atoms with Gasteiger partial charge in [-0.3, -0.25) is 4.68 Å². The molecule has 4 nitrogen and oxygen atoms in total. The van der Waals surface area contributed by atoms with Crippen molar-refractivity contribution in [1.82, 2.24) is 15.1 Å². The molecule has 1 heterocycles. The van der Waals surface area contributed by atoms with Gasteiger partial charge in [0.2, 0.25) is 0 Å². The van der Waals surface area contributed by atoms with Crippen molar-refractivity contribution in [2.75, 3.05) is 14.2 Å². The Balaban J connectivity index is 2.41. The van der Waals surface area contributed by atoms with Crippen LogP contribution in [0, 0.1) is 6.92 Å². The zero-order valence-corrected chi connectivity index (χ0v) is 12.0. The lowest BCUT2D eigenvalue weighted by atomic mass is 9.99. The van der Waals surface area contributed by atoms with E-state index in [0.717, 1.165) is 23.4 Å². The summed E-state index contributed by atoms with van der Waals surface area (Å²) in [5.74, 6) is 0.906. The maximum Gasteiger partial charge on any atom is 0.124 e. The van der Waals surface area contributed by atoms with Gasteiger partial charge in [0.1, 0.15) is 5.75 Å². The van der Waals surface area contributed by atoms with Crippen LogP contribution in [0.3, 0.4) is 0 Å². The molecule has 0 bridgehead atoms. The first kappa shape index (κ1) is 13.6. The van der Waals surface area contributed by atoms with E-state index in [1.54, 1.807) is 7.11 Å². The summed E-state index contributed by atoms with van der Waals surface area (Å²) in [5.41, 5.74) is 3.47. The second-order valence-electron chi connectivity index (χ2n) is 4.60. The van der Waals surface area contributed by atoms with E-state index < -0.39 is 0 Å². The molecule has 102 valence electrons. The van der Waals surface area contributed by atoms with Crippen molar-refractivity contribution < 1.29 is 4.74 Å². The molecule has 0 aliphatic heterocycles. The Kier molecular flexibility index (Phi) is 4.22. The number of rotatable bonds is 5. The Labute approximate surface area is 114 Å². The number of hydrogen-bond acceptors (Lipinski definition) is 3. The van der Waals surface area contributed by atoms with Crippen LogP contribution >= 0.6 is 0 Å².